The molecule has 0 saturated heterocycles. The van der Waals surface area contributed by atoms with Crippen molar-refractivity contribution in [2.24, 2.45) is 0 Å². The minimum absolute atomic E-state index is 0.103. The van der Waals surface area contributed by atoms with Crippen LogP contribution in [-0.4, -0.2) is 24.5 Å². The molecule has 0 saturated carbocycles. The molecule has 0 aliphatic heterocycles. The van der Waals surface area contributed by atoms with Crippen LogP contribution >= 0.6 is 0 Å². The summed E-state index contributed by atoms with van der Waals surface area (Å²) in [4.78, 5) is 21.7. The van der Waals surface area contributed by atoms with Gasteiger partial charge in [-0.3, -0.25) is 14.9 Å². The van der Waals surface area contributed by atoms with Crippen molar-refractivity contribution in [3.8, 4) is 5.75 Å². The number of amides is 1. The van der Waals surface area contributed by atoms with Gasteiger partial charge < -0.3 is 10.1 Å². The Labute approximate surface area is 98.7 Å². The number of nitrogens with zero attached hydrogens (tertiary/aromatic N) is 1. The number of carbonyl (C=O) groups is 1. The molecule has 92 valence electrons. The highest BCUT2D eigenvalue weighted by molar-refractivity contribution is 5.97. The number of hydrogen-bond acceptors (Lipinski definition) is 4. The van der Waals surface area contributed by atoms with Gasteiger partial charge in [0.1, 0.15) is 5.75 Å². The standard InChI is InChI=1S/C11H14N2O4/c1-3-6-12-11(14)9-5-4-8(13(15)16)7-10(9)17-2/h4-5,7H,3,6H2,1-2H3,(H,12,14). The van der Waals surface area contributed by atoms with Crippen molar-refractivity contribution in [1.82, 2.24) is 5.32 Å². The summed E-state index contributed by atoms with van der Waals surface area (Å²) < 4.78 is 4.97. The van der Waals surface area contributed by atoms with E-state index in [9.17, 15) is 14.9 Å². The number of rotatable bonds is 5. The van der Waals surface area contributed by atoms with Gasteiger partial charge >= 0.3 is 0 Å². The zero-order valence-corrected chi connectivity index (χ0v) is 9.73. The van der Waals surface area contributed by atoms with Crippen molar-refractivity contribution in [3.05, 3.63) is 33.9 Å². The van der Waals surface area contributed by atoms with Crippen LogP contribution in [0.25, 0.3) is 0 Å². The first-order valence-corrected chi connectivity index (χ1v) is 5.20. The third kappa shape index (κ3) is 3.17. The molecule has 17 heavy (non-hydrogen) atoms. The highest BCUT2D eigenvalue weighted by atomic mass is 16.6. The number of methoxy groups -OCH3 is 1. The third-order valence-electron chi connectivity index (χ3n) is 2.18. The second kappa shape index (κ2) is 5.83. The second-order valence-corrected chi connectivity index (χ2v) is 3.40. The molecule has 1 amide bonds. The topological polar surface area (TPSA) is 81.5 Å². The third-order valence-corrected chi connectivity index (χ3v) is 2.18. The van der Waals surface area contributed by atoms with Gasteiger partial charge in [-0.05, 0) is 12.5 Å². The van der Waals surface area contributed by atoms with Crippen molar-refractivity contribution >= 4 is 11.6 Å². The molecule has 1 aromatic carbocycles. The molecule has 1 aromatic rings. The van der Waals surface area contributed by atoms with Crippen LogP contribution in [0.4, 0.5) is 5.69 Å². The molecule has 6 heteroatoms. The minimum Gasteiger partial charge on any atom is -0.496 e. The first kappa shape index (κ1) is 13.0. The van der Waals surface area contributed by atoms with Crippen LogP contribution in [0.15, 0.2) is 18.2 Å². The summed E-state index contributed by atoms with van der Waals surface area (Å²) in [6.45, 7) is 2.49. The van der Waals surface area contributed by atoms with Gasteiger partial charge in [0.2, 0.25) is 0 Å². The first-order chi connectivity index (χ1) is 8.10. The SMILES string of the molecule is CCCNC(=O)c1ccc([N+](=O)[O-])cc1OC. The van der Waals surface area contributed by atoms with Crippen molar-refractivity contribution in [2.45, 2.75) is 13.3 Å². The number of nitro groups is 1. The van der Waals surface area contributed by atoms with Crippen LogP contribution in [-0.2, 0) is 0 Å². The molecule has 0 radical (unpaired) electrons. The zero-order valence-electron chi connectivity index (χ0n) is 9.73. The normalized spacial score (nSPS) is 9.76. The highest BCUT2D eigenvalue weighted by Crippen LogP contribution is 2.24. The maximum atomic E-state index is 11.7. The Balaban J connectivity index is 3.00. The van der Waals surface area contributed by atoms with Gasteiger partial charge in [-0.2, -0.15) is 0 Å². The lowest BCUT2D eigenvalue weighted by Crippen LogP contribution is -2.24. The van der Waals surface area contributed by atoms with E-state index in [0.717, 1.165) is 6.42 Å². The van der Waals surface area contributed by atoms with Gasteiger partial charge in [-0.25, -0.2) is 0 Å². The van der Waals surface area contributed by atoms with Crippen LogP contribution in [0, 0.1) is 10.1 Å². The van der Waals surface area contributed by atoms with E-state index in [2.05, 4.69) is 5.32 Å². The molecule has 0 aliphatic rings. The lowest BCUT2D eigenvalue weighted by atomic mass is 10.1. The molecule has 0 fully saturated rings. The molecule has 6 nitrogen and oxygen atoms in total. The molecule has 0 aromatic heterocycles. The van der Waals surface area contributed by atoms with E-state index in [0.29, 0.717) is 12.1 Å². The number of nitro benzene ring substituents is 1. The predicted octanol–water partition coefficient (Wildman–Crippen LogP) is 1.74. The quantitative estimate of drug-likeness (QED) is 0.625. The van der Waals surface area contributed by atoms with Crippen molar-refractivity contribution in [1.29, 1.82) is 0 Å². The van der Waals surface area contributed by atoms with Crippen molar-refractivity contribution in [2.75, 3.05) is 13.7 Å². The van der Waals surface area contributed by atoms with Crippen molar-refractivity contribution < 1.29 is 14.5 Å². The molecule has 1 N–H and O–H groups in total. The number of ether oxygens (including phenoxy) is 1. The van der Waals surface area contributed by atoms with E-state index in [4.69, 9.17) is 4.74 Å². The Morgan fingerprint density at radius 2 is 2.24 bits per heavy atom. The average Bonchev–Trinajstić information content (AvgIpc) is 2.34. The summed E-state index contributed by atoms with van der Waals surface area (Å²) in [6, 6.07) is 3.91. The molecule has 0 heterocycles. The van der Waals surface area contributed by atoms with Gasteiger partial charge in [-0.1, -0.05) is 6.92 Å². The number of nitrogens with one attached hydrogen (secondary N) is 1. The summed E-state index contributed by atoms with van der Waals surface area (Å²) in [7, 11) is 1.37. The fraction of sp³-hybridized carbons (Fsp3) is 0.364. The summed E-state index contributed by atoms with van der Waals surface area (Å²) in [5.74, 6) is -0.0913. The fourth-order valence-corrected chi connectivity index (χ4v) is 1.31. The number of hydrogen-bond donors (Lipinski definition) is 1. The molecular formula is C11H14N2O4. The molecule has 0 aliphatic carbocycles. The maximum absolute atomic E-state index is 11.7. The van der Waals surface area contributed by atoms with Gasteiger partial charge in [0, 0.05) is 12.6 Å². The molecular weight excluding hydrogens is 224 g/mol. The van der Waals surface area contributed by atoms with E-state index in [1.54, 1.807) is 0 Å². The van der Waals surface area contributed by atoms with E-state index in [1.165, 1.54) is 25.3 Å². The first-order valence-electron chi connectivity index (χ1n) is 5.20. The summed E-state index contributed by atoms with van der Waals surface area (Å²) in [5, 5.41) is 13.3. The predicted molar refractivity (Wildman–Crippen MR) is 62.3 cm³/mol. The average molecular weight is 238 g/mol. The van der Waals surface area contributed by atoms with E-state index in [1.807, 2.05) is 6.92 Å². The molecule has 0 unspecified atom stereocenters. The monoisotopic (exact) mass is 238 g/mol. The number of carbonyl (C=O) groups excluding carboxylic acids is 1. The Morgan fingerprint density at radius 3 is 2.76 bits per heavy atom. The largest absolute Gasteiger partial charge is 0.496 e. The van der Waals surface area contributed by atoms with Gasteiger partial charge in [0.25, 0.3) is 11.6 Å². The van der Waals surface area contributed by atoms with Crippen LogP contribution < -0.4 is 10.1 Å². The lowest BCUT2D eigenvalue weighted by molar-refractivity contribution is -0.384. The smallest absolute Gasteiger partial charge is 0.273 e. The van der Waals surface area contributed by atoms with Crippen LogP contribution in [0.2, 0.25) is 0 Å². The Morgan fingerprint density at radius 1 is 1.53 bits per heavy atom. The minimum atomic E-state index is -0.532. The van der Waals surface area contributed by atoms with Gasteiger partial charge in [-0.15, -0.1) is 0 Å². The second-order valence-electron chi connectivity index (χ2n) is 3.40. The Bertz CT molecular complexity index is 431. The Hall–Kier alpha value is -2.11. The van der Waals surface area contributed by atoms with Crippen LogP contribution in [0.3, 0.4) is 0 Å². The molecule has 1 rings (SSSR count). The lowest BCUT2D eigenvalue weighted by Gasteiger charge is -2.08. The van der Waals surface area contributed by atoms with Gasteiger partial charge in [0.05, 0.1) is 23.7 Å². The maximum Gasteiger partial charge on any atom is 0.273 e. The van der Waals surface area contributed by atoms with Crippen molar-refractivity contribution in [3.63, 3.8) is 0 Å². The fourth-order valence-electron chi connectivity index (χ4n) is 1.31. The number of benzene rings is 1. The van der Waals surface area contributed by atoms with E-state index >= 15 is 0 Å². The summed E-state index contributed by atoms with van der Waals surface area (Å²) in [5.41, 5.74) is 0.195. The summed E-state index contributed by atoms with van der Waals surface area (Å²) >= 11 is 0. The number of non-ortho nitro benzene ring substituents is 1. The Kier molecular flexibility index (Phi) is 4.45. The van der Waals surface area contributed by atoms with Gasteiger partial charge in [0.15, 0.2) is 0 Å². The van der Waals surface area contributed by atoms with Crippen LogP contribution in [0.5, 0.6) is 5.75 Å². The summed E-state index contributed by atoms with van der Waals surface area (Å²) in [6.07, 6.45) is 0.820. The molecule has 0 atom stereocenters. The van der Waals surface area contributed by atoms with Crippen LogP contribution in [0.1, 0.15) is 23.7 Å². The van der Waals surface area contributed by atoms with E-state index in [-0.39, 0.29) is 17.3 Å². The van der Waals surface area contributed by atoms with E-state index < -0.39 is 4.92 Å². The highest BCUT2D eigenvalue weighted by Gasteiger charge is 2.16. The molecule has 0 spiro atoms. The zero-order chi connectivity index (χ0) is 12.8. The molecule has 0 bridgehead atoms.